The molecule has 0 spiro atoms. The third-order valence-electron chi connectivity index (χ3n) is 6.05. The monoisotopic (exact) mass is 394 g/mol. The molecule has 0 bridgehead atoms. The Balaban J connectivity index is 1.51. The number of nitrogens with zero attached hydrogens (tertiary/aromatic N) is 4. The molecule has 1 aliphatic carbocycles. The van der Waals surface area contributed by atoms with Crippen molar-refractivity contribution in [3.8, 4) is 0 Å². The first kappa shape index (κ1) is 18.5. The van der Waals surface area contributed by atoms with Crippen molar-refractivity contribution in [2.75, 3.05) is 20.3 Å². The van der Waals surface area contributed by atoms with Gasteiger partial charge in [0.15, 0.2) is 0 Å². The van der Waals surface area contributed by atoms with Gasteiger partial charge in [0.1, 0.15) is 11.6 Å². The van der Waals surface area contributed by atoms with Gasteiger partial charge < -0.3 is 9.15 Å². The van der Waals surface area contributed by atoms with Crippen molar-refractivity contribution in [3.63, 3.8) is 0 Å². The van der Waals surface area contributed by atoms with Crippen LogP contribution in [0.5, 0.6) is 0 Å². The van der Waals surface area contributed by atoms with E-state index >= 15 is 0 Å². The van der Waals surface area contributed by atoms with Gasteiger partial charge in [-0.1, -0.05) is 12.1 Å². The molecule has 0 saturated carbocycles. The minimum Gasteiger partial charge on any atom is -0.444 e. The van der Waals surface area contributed by atoms with E-state index in [1.165, 1.54) is 0 Å². The minimum atomic E-state index is 0.00426. The van der Waals surface area contributed by atoms with Crippen molar-refractivity contribution >= 4 is 10.9 Å². The number of methoxy groups -OCH3 is 1. The van der Waals surface area contributed by atoms with Crippen LogP contribution in [0.25, 0.3) is 10.9 Å². The topological polar surface area (TPSA) is 73.4 Å². The minimum absolute atomic E-state index is 0.00426. The first-order valence-electron chi connectivity index (χ1n) is 10.4. The molecule has 1 saturated heterocycles. The Morgan fingerprint density at radius 2 is 2.10 bits per heavy atom. The third kappa shape index (κ3) is 3.38. The Morgan fingerprint density at radius 3 is 2.97 bits per heavy atom. The highest BCUT2D eigenvalue weighted by Gasteiger charge is 2.32. The van der Waals surface area contributed by atoms with Gasteiger partial charge >= 0.3 is 0 Å². The van der Waals surface area contributed by atoms with E-state index in [9.17, 15) is 4.79 Å². The van der Waals surface area contributed by atoms with Crippen molar-refractivity contribution in [2.24, 2.45) is 0 Å². The quantitative estimate of drug-likeness (QED) is 0.640. The van der Waals surface area contributed by atoms with Crippen LogP contribution in [0.3, 0.4) is 0 Å². The van der Waals surface area contributed by atoms with E-state index in [1.54, 1.807) is 11.7 Å². The van der Waals surface area contributed by atoms with Crippen LogP contribution in [0.15, 0.2) is 33.5 Å². The lowest BCUT2D eigenvalue weighted by Crippen LogP contribution is -2.33. The fourth-order valence-electron chi connectivity index (χ4n) is 4.63. The van der Waals surface area contributed by atoms with Gasteiger partial charge in [0.2, 0.25) is 5.89 Å². The Kier molecular flexibility index (Phi) is 4.93. The van der Waals surface area contributed by atoms with Gasteiger partial charge in [-0.15, -0.1) is 0 Å². The van der Waals surface area contributed by atoms with Crippen molar-refractivity contribution < 1.29 is 9.15 Å². The van der Waals surface area contributed by atoms with Crippen LogP contribution in [0, 0.1) is 0 Å². The van der Waals surface area contributed by atoms with E-state index in [2.05, 4.69) is 4.90 Å². The maximum atomic E-state index is 13.2. The van der Waals surface area contributed by atoms with Gasteiger partial charge in [0.25, 0.3) is 5.56 Å². The maximum absolute atomic E-state index is 13.2. The number of aryl methyl sites for hydroxylation is 2. The fourth-order valence-corrected chi connectivity index (χ4v) is 4.63. The summed E-state index contributed by atoms with van der Waals surface area (Å²) in [4.78, 5) is 25.2. The predicted octanol–water partition coefficient (Wildman–Crippen LogP) is 2.86. The van der Waals surface area contributed by atoms with Crippen molar-refractivity contribution in [2.45, 2.75) is 51.2 Å². The molecule has 3 aromatic rings. The molecule has 1 fully saturated rings. The Labute approximate surface area is 169 Å². The molecule has 3 heterocycles. The molecular formula is C22H26N4O3. The summed E-state index contributed by atoms with van der Waals surface area (Å²) in [6.07, 6.45) is 5.19. The van der Waals surface area contributed by atoms with E-state index in [-0.39, 0.29) is 11.6 Å². The van der Waals surface area contributed by atoms with Gasteiger partial charge in [-0.2, -0.15) is 0 Å². The molecular weight excluding hydrogens is 368 g/mol. The standard InChI is InChI=1S/C22H26N4O3/c1-28-13-12-26-21(24-16-7-3-2-6-15(16)22(26)27)18-9-5-11-25(18)14-20-23-17-8-4-10-19(17)29-20/h2-3,6-7,18H,4-5,8-14H2,1H3. The number of hydrogen-bond donors (Lipinski definition) is 0. The van der Waals surface area contributed by atoms with E-state index in [0.29, 0.717) is 25.1 Å². The maximum Gasteiger partial charge on any atom is 0.261 e. The highest BCUT2D eigenvalue weighted by molar-refractivity contribution is 5.77. The van der Waals surface area contributed by atoms with Gasteiger partial charge in [-0.05, 0) is 44.4 Å². The van der Waals surface area contributed by atoms with E-state index in [4.69, 9.17) is 19.1 Å². The fraction of sp³-hybridized carbons (Fsp3) is 0.500. The normalized spacial score (nSPS) is 19.3. The van der Waals surface area contributed by atoms with Crippen LogP contribution in [0.1, 0.15) is 48.5 Å². The second kappa shape index (κ2) is 7.72. The molecule has 7 nitrogen and oxygen atoms in total. The number of hydrogen-bond acceptors (Lipinski definition) is 6. The van der Waals surface area contributed by atoms with Crippen molar-refractivity contribution in [1.29, 1.82) is 0 Å². The molecule has 2 aromatic heterocycles. The van der Waals surface area contributed by atoms with Crippen LogP contribution < -0.4 is 5.56 Å². The summed E-state index contributed by atoms with van der Waals surface area (Å²) in [5.41, 5.74) is 1.88. The van der Waals surface area contributed by atoms with Gasteiger partial charge in [0.05, 0.1) is 42.3 Å². The van der Waals surface area contributed by atoms with Crippen LogP contribution in [-0.4, -0.2) is 39.7 Å². The second-order valence-corrected chi connectivity index (χ2v) is 7.90. The van der Waals surface area contributed by atoms with Crippen LogP contribution in [0.4, 0.5) is 0 Å². The Hall–Kier alpha value is -2.51. The highest BCUT2D eigenvalue weighted by Crippen LogP contribution is 2.33. The number of oxazole rings is 1. The van der Waals surface area contributed by atoms with E-state index in [1.807, 2.05) is 24.3 Å². The average Bonchev–Trinajstić information content (AvgIpc) is 3.44. The molecule has 1 aliphatic heterocycles. The van der Waals surface area contributed by atoms with Crippen LogP contribution in [0.2, 0.25) is 0 Å². The largest absolute Gasteiger partial charge is 0.444 e. The average molecular weight is 394 g/mol. The molecule has 5 rings (SSSR count). The zero-order valence-electron chi connectivity index (χ0n) is 16.8. The molecule has 1 atom stereocenters. The summed E-state index contributed by atoms with van der Waals surface area (Å²) < 4.78 is 13.1. The number of rotatable bonds is 6. The zero-order chi connectivity index (χ0) is 19.8. The van der Waals surface area contributed by atoms with Crippen LogP contribution in [-0.2, 0) is 30.7 Å². The molecule has 1 unspecified atom stereocenters. The second-order valence-electron chi connectivity index (χ2n) is 7.90. The summed E-state index contributed by atoms with van der Waals surface area (Å²) in [6, 6.07) is 7.65. The van der Waals surface area contributed by atoms with Crippen LogP contribution >= 0.6 is 0 Å². The summed E-state index contributed by atoms with van der Waals surface area (Å²) >= 11 is 0. The number of fused-ring (bicyclic) bond motifs is 2. The SMILES string of the molecule is COCCn1c(C2CCCN2Cc2nc3c(o2)CCC3)nc2ccccc2c1=O. The number of para-hydroxylation sites is 1. The Morgan fingerprint density at radius 1 is 1.21 bits per heavy atom. The molecule has 0 amide bonds. The van der Waals surface area contributed by atoms with Gasteiger partial charge in [0, 0.05) is 13.5 Å². The number of ether oxygens (including phenoxy) is 1. The molecule has 152 valence electrons. The number of benzene rings is 1. The third-order valence-corrected chi connectivity index (χ3v) is 6.05. The van der Waals surface area contributed by atoms with Crippen molar-refractivity contribution in [1.82, 2.24) is 19.4 Å². The first-order valence-corrected chi connectivity index (χ1v) is 10.4. The van der Waals surface area contributed by atoms with E-state index in [0.717, 1.165) is 67.3 Å². The Bertz CT molecular complexity index is 1070. The molecule has 0 radical (unpaired) electrons. The molecule has 0 N–H and O–H groups in total. The lowest BCUT2D eigenvalue weighted by Gasteiger charge is -2.25. The molecule has 2 aliphatic rings. The molecule has 7 heteroatoms. The highest BCUT2D eigenvalue weighted by atomic mass is 16.5. The lowest BCUT2D eigenvalue weighted by atomic mass is 10.1. The summed E-state index contributed by atoms with van der Waals surface area (Å²) in [7, 11) is 1.66. The predicted molar refractivity (Wildman–Crippen MR) is 109 cm³/mol. The molecule has 1 aromatic carbocycles. The van der Waals surface area contributed by atoms with Crippen molar-refractivity contribution in [3.05, 3.63) is 57.8 Å². The number of likely N-dealkylation sites (tertiary alicyclic amines) is 1. The van der Waals surface area contributed by atoms with E-state index < -0.39 is 0 Å². The first-order chi connectivity index (χ1) is 14.2. The summed E-state index contributed by atoms with van der Waals surface area (Å²) in [5, 5.41) is 0.654. The lowest BCUT2D eigenvalue weighted by molar-refractivity contribution is 0.176. The zero-order valence-corrected chi connectivity index (χ0v) is 16.8. The summed E-state index contributed by atoms with van der Waals surface area (Å²) in [6.45, 7) is 2.58. The summed E-state index contributed by atoms with van der Waals surface area (Å²) in [5.74, 6) is 2.66. The van der Waals surface area contributed by atoms with Gasteiger partial charge in [-0.25, -0.2) is 9.97 Å². The molecule has 29 heavy (non-hydrogen) atoms. The smallest absolute Gasteiger partial charge is 0.261 e. The number of aromatic nitrogens is 3. The van der Waals surface area contributed by atoms with Gasteiger partial charge in [-0.3, -0.25) is 14.3 Å².